The van der Waals surface area contributed by atoms with E-state index in [1.807, 2.05) is 45.3 Å². The van der Waals surface area contributed by atoms with E-state index < -0.39 is 0 Å². The highest BCUT2D eigenvalue weighted by Gasteiger charge is 2.49. The van der Waals surface area contributed by atoms with Crippen LogP contribution in [0.4, 0.5) is 17.5 Å². The normalized spacial score (nSPS) is 24.4. The molecule has 2 aromatic heterocycles. The third kappa shape index (κ3) is 3.18. The van der Waals surface area contributed by atoms with Crippen LogP contribution in [0, 0.1) is 24.7 Å². The molecule has 1 amide bonds. The molecule has 2 bridgehead atoms. The van der Waals surface area contributed by atoms with E-state index >= 15 is 0 Å². The minimum atomic E-state index is -0.105. The average Bonchev–Trinajstić information content (AvgIpc) is 3.43. The average molecular weight is 403 g/mol. The van der Waals surface area contributed by atoms with Crippen molar-refractivity contribution in [2.24, 2.45) is 17.8 Å². The summed E-state index contributed by atoms with van der Waals surface area (Å²) in [4.78, 5) is 31.3. The second-order valence-electron chi connectivity index (χ2n) is 8.37. The molecule has 8 heteroatoms. The van der Waals surface area contributed by atoms with Gasteiger partial charge in [-0.2, -0.15) is 9.97 Å². The van der Waals surface area contributed by atoms with Crippen molar-refractivity contribution >= 4 is 34.5 Å². The van der Waals surface area contributed by atoms with E-state index in [2.05, 4.69) is 37.7 Å². The lowest BCUT2D eigenvalue weighted by Gasteiger charge is -2.30. The molecule has 0 spiro atoms. The monoisotopic (exact) mass is 403 g/mol. The Balaban J connectivity index is 1.48. The summed E-state index contributed by atoms with van der Waals surface area (Å²) in [5.74, 6) is 1.74. The van der Waals surface area contributed by atoms with Crippen molar-refractivity contribution in [3.8, 4) is 0 Å². The van der Waals surface area contributed by atoms with E-state index in [1.165, 1.54) is 0 Å². The van der Waals surface area contributed by atoms with E-state index in [0.717, 1.165) is 17.7 Å². The van der Waals surface area contributed by atoms with Crippen LogP contribution in [0.25, 0.3) is 11.2 Å². The topological polar surface area (TPSA) is 98.8 Å². The van der Waals surface area contributed by atoms with Crippen molar-refractivity contribution < 1.29 is 4.79 Å². The van der Waals surface area contributed by atoms with Gasteiger partial charge in [0.05, 0.1) is 12.2 Å². The molecule has 1 saturated carbocycles. The van der Waals surface area contributed by atoms with Gasteiger partial charge in [0.15, 0.2) is 11.5 Å². The fourth-order valence-electron chi connectivity index (χ4n) is 4.66. The summed E-state index contributed by atoms with van der Waals surface area (Å²) in [6.07, 6.45) is 7.01. The molecule has 0 radical (unpaired) electrons. The maximum Gasteiger partial charge on any atom is 0.231 e. The third-order valence-electron chi connectivity index (χ3n) is 6.04. The summed E-state index contributed by atoms with van der Waals surface area (Å²) in [5.41, 5.74) is 3.40. The van der Waals surface area contributed by atoms with Crippen LogP contribution in [-0.4, -0.2) is 50.9 Å². The molecule has 30 heavy (non-hydrogen) atoms. The smallest absolute Gasteiger partial charge is 0.231 e. The molecule has 4 atom stereocenters. The van der Waals surface area contributed by atoms with Gasteiger partial charge in [-0.3, -0.25) is 4.79 Å². The van der Waals surface area contributed by atoms with Gasteiger partial charge in [0.1, 0.15) is 5.52 Å². The lowest BCUT2D eigenvalue weighted by atomic mass is 9.87. The lowest BCUT2D eigenvalue weighted by molar-refractivity contribution is -0.133. The summed E-state index contributed by atoms with van der Waals surface area (Å²) >= 11 is 0. The number of carbonyl (C=O) groups is 1. The Morgan fingerprint density at radius 1 is 1.20 bits per heavy atom. The Kier molecular flexibility index (Phi) is 4.42. The zero-order valence-electron chi connectivity index (χ0n) is 17.3. The fraction of sp³-hybridized carbons (Fsp3) is 0.364. The number of aryl methyl sites for hydroxylation is 1. The van der Waals surface area contributed by atoms with Gasteiger partial charge in [0, 0.05) is 25.8 Å². The number of fused-ring (bicyclic) bond motifs is 3. The Morgan fingerprint density at radius 3 is 2.83 bits per heavy atom. The van der Waals surface area contributed by atoms with Crippen LogP contribution < -0.4 is 10.6 Å². The molecule has 0 aliphatic heterocycles. The number of nitrogens with zero attached hydrogens (tertiary/aromatic N) is 4. The highest BCUT2D eigenvalue weighted by atomic mass is 16.2. The second kappa shape index (κ2) is 7.12. The molecule has 3 N–H and O–H groups in total. The number of rotatable bonds is 5. The van der Waals surface area contributed by atoms with Crippen molar-refractivity contribution in [2.75, 3.05) is 24.7 Å². The first-order chi connectivity index (χ1) is 14.5. The maximum absolute atomic E-state index is 12.9. The van der Waals surface area contributed by atoms with Crippen LogP contribution >= 0.6 is 0 Å². The van der Waals surface area contributed by atoms with Crippen molar-refractivity contribution in [1.82, 2.24) is 24.8 Å². The van der Waals surface area contributed by atoms with Gasteiger partial charge in [-0.25, -0.2) is 4.98 Å². The second-order valence-corrected chi connectivity index (χ2v) is 8.37. The number of imidazole rings is 1. The highest BCUT2D eigenvalue weighted by molar-refractivity contribution is 5.86. The molecular weight excluding hydrogens is 378 g/mol. The number of H-pyrrole nitrogens is 1. The first-order valence-electron chi connectivity index (χ1n) is 10.2. The van der Waals surface area contributed by atoms with Crippen molar-refractivity contribution in [1.29, 1.82) is 0 Å². The molecule has 0 saturated heterocycles. The summed E-state index contributed by atoms with van der Waals surface area (Å²) in [7, 11) is 3.63. The Hall–Kier alpha value is -3.42. The Bertz CT molecular complexity index is 1140. The van der Waals surface area contributed by atoms with Crippen molar-refractivity contribution in [2.45, 2.75) is 19.4 Å². The number of allylic oxidation sites excluding steroid dienone is 1. The number of hydrogen-bond acceptors (Lipinski definition) is 6. The molecule has 4 unspecified atom stereocenters. The van der Waals surface area contributed by atoms with Gasteiger partial charge in [0.2, 0.25) is 11.9 Å². The number of anilines is 3. The maximum atomic E-state index is 12.9. The van der Waals surface area contributed by atoms with Crippen molar-refractivity contribution in [3.63, 3.8) is 0 Å². The van der Waals surface area contributed by atoms with E-state index in [1.54, 1.807) is 11.2 Å². The number of hydrogen-bond donors (Lipinski definition) is 3. The molecular formula is C22H25N7O. The third-order valence-corrected chi connectivity index (χ3v) is 6.04. The highest BCUT2D eigenvalue weighted by Crippen LogP contribution is 2.45. The summed E-state index contributed by atoms with van der Waals surface area (Å²) < 4.78 is 0. The van der Waals surface area contributed by atoms with E-state index in [4.69, 9.17) is 4.98 Å². The number of aromatic nitrogens is 4. The quantitative estimate of drug-likeness (QED) is 0.566. The predicted octanol–water partition coefficient (Wildman–Crippen LogP) is 3.10. The predicted molar refractivity (Wildman–Crippen MR) is 116 cm³/mol. The Labute approximate surface area is 174 Å². The molecule has 3 aromatic rings. The van der Waals surface area contributed by atoms with Gasteiger partial charge in [-0.05, 0) is 42.9 Å². The fourth-order valence-corrected chi connectivity index (χ4v) is 4.66. The van der Waals surface area contributed by atoms with Gasteiger partial charge >= 0.3 is 0 Å². The molecule has 2 aliphatic carbocycles. The molecule has 2 aliphatic rings. The molecule has 154 valence electrons. The lowest BCUT2D eigenvalue weighted by Crippen LogP contribution is -2.43. The number of carbonyl (C=O) groups excluding carboxylic acids is 1. The van der Waals surface area contributed by atoms with Crippen LogP contribution in [0.3, 0.4) is 0 Å². The summed E-state index contributed by atoms with van der Waals surface area (Å²) in [5, 5.41) is 6.83. The summed E-state index contributed by atoms with van der Waals surface area (Å²) in [6.45, 7) is 2.04. The first-order valence-corrected chi connectivity index (χ1v) is 10.2. The first kappa shape index (κ1) is 18.6. The van der Waals surface area contributed by atoms with Gasteiger partial charge in [0.25, 0.3) is 0 Å². The number of nitrogens with one attached hydrogen (secondary N) is 3. The number of benzene rings is 1. The van der Waals surface area contributed by atoms with Crippen molar-refractivity contribution in [3.05, 3.63) is 48.3 Å². The van der Waals surface area contributed by atoms with E-state index in [0.29, 0.717) is 28.8 Å². The van der Waals surface area contributed by atoms with E-state index in [9.17, 15) is 4.79 Å². The zero-order chi connectivity index (χ0) is 20.8. The van der Waals surface area contributed by atoms with Gasteiger partial charge < -0.3 is 20.5 Å². The van der Waals surface area contributed by atoms with Crippen LogP contribution in [0.1, 0.15) is 12.0 Å². The largest absolute Gasteiger partial charge is 0.364 e. The zero-order valence-corrected chi connectivity index (χ0v) is 17.3. The minimum absolute atomic E-state index is 0.0171. The molecule has 8 nitrogen and oxygen atoms in total. The Morgan fingerprint density at radius 2 is 2.03 bits per heavy atom. The minimum Gasteiger partial charge on any atom is -0.364 e. The van der Waals surface area contributed by atoms with Crippen LogP contribution in [0.5, 0.6) is 0 Å². The molecule has 1 fully saturated rings. The molecule has 2 heterocycles. The number of amides is 1. The number of aromatic amines is 1. The van der Waals surface area contributed by atoms with Gasteiger partial charge in [-0.1, -0.05) is 24.3 Å². The van der Waals surface area contributed by atoms with Crippen LogP contribution in [0.2, 0.25) is 0 Å². The molecule has 5 rings (SSSR count). The van der Waals surface area contributed by atoms with Crippen LogP contribution in [-0.2, 0) is 4.79 Å². The van der Waals surface area contributed by atoms with Crippen LogP contribution in [0.15, 0.2) is 42.7 Å². The standard InChI is InChI=1S/C22H25N7O/c1-12-5-4-6-15(9-12)25-22-27-19-18(23-11-24-19)20(28-22)26-17-14-8-7-13(10-14)16(17)21(30)29(2)3/h4-9,11,13-14,16-17H,10H2,1-3H3,(H3,23,24,25,26,27,28). The molecule has 1 aromatic carbocycles. The summed E-state index contributed by atoms with van der Waals surface area (Å²) in [6, 6.07) is 8.04. The van der Waals surface area contributed by atoms with Gasteiger partial charge in [-0.15, -0.1) is 0 Å². The van der Waals surface area contributed by atoms with E-state index in [-0.39, 0.29) is 23.8 Å². The SMILES string of the molecule is Cc1cccc(Nc2nc(NC3C4C=CC(C4)C3C(=O)N(C)C)c3nc[nH]c3n2)c1.